The molecule has 22 heavy (non-hydrogen) atoms. The summed E-state index contributed by atoms with van der Waals surface area (Å²) in [5.74, 6) is 1.62. The van der Waals surface area contributed by atoms with Crippen molar-refractivity contribution in [1.29, 1.82) is 0 Å². The highest BCUT2D eigenvalue weighted by Gasteiger charge is 2.40. The van der Waals surface area contributed by atoms with E-state index in [1.807, 2.05) is 31.2 Å². The SMILES string of the molecule is CCOC1(c2nnnn2-c2ccc(OC)cc2)CCCCC1. The Hall–Kier alpha value is -1.95. The largest absolute Gasteiger partial charge is 0.497 e. The lowest BCUT2D eigenvalue weighted by Crippen LogP contribution is -2.35. The van der Waals surface area contributed by atoms with E-state index in [1.54, 1.807) is 11.8 Å². The van der Waals surface area contributed by atoms with Gasteiger partial charge in [0.25, 0.3) is 0 Å². The van der Waals surface area contributed by atoms with E-state index in [0.717, 1.165) is 42.9 Å². The second-order valence-electron chi connectivity index (χ2n) is 5.60. The van der Waals surface area contributed by atoms with Gasteiger partial charge in [-0.1, -0.05) is 19.3 Å². The van der Waals surface area contributed by atoms with E-state index in [1.165, 1.54) is 6.42 Å². The minimum Gasteiger partial charge on any atom is -0.497 e. The second-order valence-corrected chi connectivity index (χ2v) is 5.60. The highest BCUT2D eigenvalue weighted by atomic mass is 16.5. The number of tetrazole rings is 1. The van der Waals surface area contributed by atoms with Gasteiger partial charge in [-0.2, -0.15) is 4.68 Å². The highest BCUT2D eigenvalue weighted by Crippen LogP contribution is 2.39. The van der Waals surface area contributed by atoms with Crippen LogP contribution in [0.15, 0.2) is 24.3 Å². The van der Waals surface area contributed by atoms with E-state index in [0.29, 0.717) is 6.61 Å². The summed E-state index contributed by atoms with van der Waals surface area (Å²) in [6, 6.07) is 7.74. The summed E-state index contributed by atoms with van der Waals surface area (Å²) in [6.45, 7) is 2.69. The first-order valence-corrected chi connectivity index (χ1v) is 7.86. The maximum absolute atomic E-state index is 6.13. The molecule has 2 aromatic rings. The molecule has 118 valence electrons. The van der Waals surface area contributed by atoms with Crippen molar-refractivity contribution in [3.63, 3.8) is 0 Å². The summed E-state index contributed by atoms with van der Waals surface area (Å²) in [6.07, 6.45) is 5.48. The number of aromatic nitrogens is 4. The Morgan fingerprint density at radius 3 is 2.50 bits per heavy atom. The number of benzene rings is 1. The van der Waals surface area contributed by atoms with Crippen LogP contribution in [0.4, 0.5) is 0 Å². The van der Waals surface area contributed by atoms with Crippen molar-refractivity contribution in [3.05, 3.63) is 30.1 Å². The number of hydrogen-bond acceptors (Lipinski definition) is 5. The molecule has 1 aliphatic carbocycles. The molecule has 6 nitrogen and oxygen atoms in total. The number of methoxy groups -OCH3 is 1. The molecule has 0 bridgehead atoms. The molecule has 1 heterocycles. The Balaban J connectivity index is 1.98. The van der Waals surface area contributed by atoms with Gasteiger partial charge in [-0.3, -0.25) is 0 Å². The Kier molecular flexibility index (Phi) is 4.38. The van der Waals surface area contributed by atoms with Crippen LogP contribution < -0.4 is 4.74 Å². The Labute approximate surface area is 130 Å². The van der Waals surface area contributed by atoms with Gasteiger partial charge < -0.3 is 9.47 Å². The molecule has 0 radical (unpaired) electrons. The van der Waals surface area contributed by atoms with Gasteiger partial charge in [0.15, 0.2) is 5.82 Å². The van der Waals surface area contributed by atoms with Crippen LogP contribution in [0.2, 0.25) is 0 Å². The van der Waals surface area contributed by atoms with Crippen LogP contribution in [0.25, 0.3) is 5.69 Å². The molecule has 1 saturated carbocycles. The average molecular weight is 302 g/mol. The van der Waals surface area contributed by atoms with E-state index in [2.05, 4.69) is 15.5 Å². The van der Waals surface area contributed by atoms with Crippen LogP contribution in [-0.4, -0.2) is 33.9 Å². The summed E-state index contributed by atoms with van der Waals surface area (Å²) in [7, 11) is 1.66. The summed E-state index contributed by atoms with van der Waals surface area (Å²) >= 11 is 0. The number of hydrogen-bond donors (Lipinski definition) is 0. The predicted octanol–water partition coefficient (Wildman–Crippen LogP) is 2.87. The monoisotopic (exact) mass is 302 g/mol. The molecular weight excluding hydrogens is 280 g/mol. The average Bonchev–Trinajstić information content (AvgIpc) is 3.06. The molecule has 0 saturated heterocycles. The summed E-state index contributed by atoms with van der Waals surface area (Å²) < 4.78 is 13.1. The van der Waals surface area contributed by atoms with Crippen molar-refractivity contribution in [3.8, 4) is 11.4 Å². The lowest BCUT2D eigenvalue weighted by atomic mass is 9.83. The third kappa shape index (κ3) is 2.70. The molecule has 0 aliphatic heterocycles. The zero-order chi connectivity index (χ0) is 15.4. The van der Waals surface area contributed by atoms with Crippen LogP contribution in [0.3, 0.4) is 0 Å². The third-order valence-corrected chi connectivity index (χ3v) is 4.28. The fourth-order valence-corrected chi connectivity index (χ4v) is 3.20. The van der Waals surface area contributed by atoms with Crippen LogP contribution in [0, 0.1) is 0 Å². The van der Waals surface area contributed by atoms with Gasteiger partial charge in [0, 0.05) is 6.61 Å². The molecule has 1 aliphatic rings. The predicted molar refractivity (Wildman–Crippen MR) is 82.1 cm³/mol. The zero-order valence-corrected chi connectivity index (χ0v) is 13.2. The van der Waals surface area contributed by atoms with Gasteiger partial charge in [0.1, 0.15) is 11.4 Å². The smallest absolute Gasteiger partial charge is 0.188 e. The lowest BCUT2D eigenvalue weighted by Gasteiger charge is -2.35. The van der Waals surface area contributed by atoms with Gasteiger partial charge in [-0.15, -0.1) is 5.10 Å². The van der Waals surface area contributed by atoms with Gasteiger partial charge in [0.05, 0.1) is 12.8 Å². The van der Waals surface area contributed by atoms with Crippen molar-refractivity contribution in [2.75, 3.05) is 13.7 Å². The fourth-order valence-electron chi connectivity index (χ4n) is 3.20. The first kappa shape index (κ1) is 15.0. The molecule has 0 atom stereocenters. The fraction of sp³-hybridized carbons (Fsp3) is 0.562. The second kappa shape index (κ2) is 6.44. The number of ether oxygens (including phenoxy) is 2. The molecule has 1 aromatic heterocycles. The molecule has 6 heteroatoms. The quantitative estimate of drug-likeness (QED) is 0.850. The Morgan fingerprint density at radius 1 is 1.14 bits per heavy atom. The highest BCUT2D eigenvalue weighted by molar-refractivity contribution is 5.37. The van der Waals surface area contributed by atoms with E-state index in [9.17, 15) is 0 Å². The topological polar surface area (TPSA) is 62.1 Å². The Bertz CT molecular complexity index is 597. The molecule has 0 amide bonds. The number of rotatable bonds is 5. The van der Waals surface area contributed by atoms with Gasteiger partial charge >= 0.3 is 0 Å². The van der Waals surface area contributed by atoms with Crippen molar-refractivity contribution in [1.82, 2.24) is 20.2 Å². The molecule has 1 fully saturated rings. The molecule has 3 rings (SSSR count). The van der Waals surface area contributed by atoms with Crippen LogP contribution >= 0.6 is 0 Å². The van der Waals surface area contributed by atoms with E-state index in [4.69, 9.17) is 9.47 Å². The standard InChI is InChI=1S/C16H22N4O2/c1-3-22-16(11-5-4-6-12-16)15-17-18-19-20(15)13-7-9-14(21-2)10-8-13/h7-10H,3-6,11-12H2,1-2H3. The van der Waals surface area contributed by atoms with E-state index in [-0.39, 0.29) is 5.60 Å². The van der Waals surface area contributed by atoms with Crippen molar-refractivity contribution in [2.24, 2.45) is 0 Å². The minimum atomic E-state index is -0.365. The minimum absolute atomic E-state index is 0.365. The molecule has 0 unspecified atom stereocenters. The Morgan fingerprint density at radius 2 is 1.86 bits per heavy atom. The van der Waals surface area contributed by atoms with Crippen LogP contribution in [0.5, 0.6) is 5.75 Å². The van der Waals surface area contributed by atoms with Gasteiger partial charge in [0.2, 0.25) is 0 Å². The molecule has 0 N–H and O–H groups in total. The summed E-state index contributed by atoms with van der Waals surface area (Å²) in [4.78, 5) is 0. The van der Waals surface area contributed by atoms with Crippen LogP contribution in [0.1, 0.15) is 44.9 Å². The van der Waals surface area contributed by atoms with Crippen molar-refractivity contribution >= 4 is 0 Å². The normalized spacial score (nSPS) is 17.4. The van der Waals surface area contributed by atoms with E-state index >= 15 is 0 Å². The van der Waals surface area contributed by atoms with Crippen LogP contribution in [-0.2, 0) is 10.3 Å². The molecule has 0 spiro atoms. The van der Waals surface area contributed by atoms with Gasteiger partial charge in [-0.25, -0.2) is 0 Å². The summed E-state index contributed by atoms with van der Waals surface area (Å²) in [5.41, 5.74) is 0.557. The van der Waals surface area contributed by atoms with E-state index < -0.39 is 0 Å². The van der Waals surface area contributed by atoms with Crippen molar-refractivity contribution in [2.45, 2.75) is 44.6 Å². The van der Waals surface area contributed by atoms with Gasteiger partial charge in [-0.05, 0) is 54.5 Å². The van der Waals surface area contributed by atoms with Crippen molar-refractivity contribution < 1.29 is 9.47 Å². The lowest BCUT2D eigenvalue weighted by molar-refractivity contribution is -0.0781. The molecular formula is C16H22N4O2. The first-order chi connectivity index (χ1) is 10.8. The summed E-state index contributed by atoms with van der Waals surface area (Å²) in [5, 5.41) is 12.4. The third-order valence-electron chi connectivity index (χ3n) is 4.28. The maximum Gasteiger partial charge on any atom is 0.188 e. The maximum atomic E-state index is 6.13. The number of nitrogens with zero attached hydrogens (tertiary/aromatic N) is 4. The molecule has 1 aromatic carbocycles. The zero-order valence-electron chi connectivity index (χ0n) is 13.2. The first-order valence-electron chi connectivity index (χ1n) is 7.86.